The summed E-state index contributed by atoms with van der Waals surface area (Å²) in [6.07, 6.45) is 0. The molecule has 0 aliphatic rings. The van der Waals surface area contributed by atoms with E-state index in [0.717, 1.165) is 47.5 Å². The fourth-order valence-electron chi connectivity index (χ4n) is 3.38. The Morgan fingerprint density at radius 1 is 0.889 bits per heavy atom. The summed E-state index contributed by atoms with van der Waals surface area (Å²) in [5.41, 5.74) is 4.01. The number of anilines is 1. The second kappa shape index (κ2) is 8.67. The highest BCUT2D eigenvalue weighted by atomic mass is 16.2. The summed E-state index contributed by atoms with van der Waals surface area (Å²) in [6.45, 7) is 8.74. The molecule has 1 amide bonds. The summed E-state index contributed by atoms with van der Waals surface area (Å²) < 4.78 is 0. The molecule has 27 heavy (non-hydrogen) atoms. The first-order valence-corrected chi connectivity index (χ1v) is 9.65. The molecule has 4 nitrogen and oxygen atoms in total. The molecule has 0 unspecified atom stereocenters. The molecular formula is C23H27N3O. The molecule has 0 spiro atoms. The second-order valence-electron chi connectivity index (χ2n) is 6.49. The monoisotopic (exact) mass is 361 g/mol. The third-order valence-corrected chi connectivity index (χ3v) is 4.93. The van der Waals surface area contributed by atoms with Crippen LogP contribution < -0.4 is 4.90 Å². The van der Waals surface area contributed by atoms with Gasteiger partial charge in [0.15, 0.2) is 0 Å². The smallest absolute Gasteiger partial charge is 0.242 e. The number of benzene rings is 2. The summed E-state index contributed by atoms with van der Waals surface area (Å²) >= 11 is 0. The first kappa shape index (κ1) is 18.9. The Bertz CT molecular complexity index is 904. The molecule has 0 atom stereocenters. The highest BCUT2D eigenvalue weighted by Crippen LogP contribution is 2.30. The number of rotatable bonds is 7. The molecule has 3 rings (SSSR count). The minimum atomic E-state index is 0.156. The number of amides is 1. The van der Waals surface area contributed by atoms with Gasteiger partial charge in [0.1, 0.15) is 0 Å². The van der Waals surface area contributed by atoms with Crippen LogP contribution in [-0.4, -0.2) is 42.0 Å². The normalized spacial score (nSPS) is 10.8. The van der Waals surface area contributed by atoms with Gasteiger partial charge in [-0.2, -0.15) is 0 Å². The molecule has 140 valence electrons. The van der Waals surface area contributed by atoms with Gasteiger partial charge in [-0.15, -0.1) is 0 Å². The highest BCUT2D eigenvalue weighted by molar-refractivity contribution is 5.95. The number of nitrogens with zero attached hydrogens (tertiary/aromatic N) is 3. The van der Waals surface area contributed by atoms with Crippen LogP contribution in [0.1, 0.15) is 20.8 Å². The number of hydrogen-bond acceptors (Lipinski definition) is 3. The molecule has 0 radical (unpaired) electrons. The van der Waals surface area contributed by atoms with Gasteiger partial charge in [-0.25, -0.2) is 4.98 Å². The largest absolute Gasteiger partial charge is 0.362 e. The van der Waals surface area contributed by atoms with Crippen LogP contribution in [0.15, 0.2) is 60.7 Å². The van der Waals surface area contributed by atoms with Gasteiger partial charge in [0.05, 0.1) is 17.8 Å². The predicted molar refractivity (Wildman–Crippen MR) is 113 cm³/mol. The average Bonchev–Trinajstić information content (AvgIpc) is 2.72. The number of carbonyl (C=O) groups excluding carboxylic acids is 1. The summed E-state index contributed by atoms with van der Waals surface area (Å²) in [6, 6.07) is 20.4. The van der Waals surface area contributed by atoms with Crippen molar-refractivity contribution in [1.29, 1.82) is 0 Å². The van der Waals surface area contributed by atoms with Gasteiger partial charge < -0.3 is 9.80 Å². The van der Waals surface area contributed by atoms with Crippen molar-refractivity contribution in [3.8, 4) is 11.3 Å². The number of aromatic nitrogens is 1. The van der Waals surface area contributed by atoms with E-state index in [9.17, 15) is 4.79 Å². The zero-order valence-corrected chi connectivity index (χ0v) is 16.4. The van der Waals surface area contributed by atoms with Crippen molar-refractivity contribution in [3.63, 3.8) is 0 Å². The van der Waals surface area contributed by atoms with E-state index in [-0.39, 0.29) is 5.91 Å². The molecule has 0 bridgehead atoms. The van der Waals surface area contributed by atoms with Crippen molar-refractivity contribution < 1.29 is 4.79 Å². The third kappa shape index (κ3) is 4.11. The molecule has 3 aromatic rings. The van der Waals surface area contributed by atoms with E-state index in [1.165, 1.54) is 0 Å². The van der Waals surface area contributed by atoms with E-state index >= 15 is 0 Å². The van der Waals surface area contributed by atoms with Gasteiger partial charge in [0.25, 0.3) is 0 Å². The van der Waals surface area contributed by atoms with Crippen molar-refractivity contribution in [2.75, 3.05) is 31.1 Å². The maximum atomic E-state index is 12.7. The lowest BCUT2D eigenvalue weighted by molar-refractivity contribution is -0.129. The van der Waals surface area contributed by atoms with E-state index in [2.05, 4.69) is 36.1 Å². The first-order valence-electron chi connectivity index (χ1n) is 9.65. The molecule has 0 fully saturated rings. The van der Waals surface area contributed by atoms with Crippen LogP contribution in [0.4, 0.5) is 5.69 Å². The van der Waals surface area contributed by atoms with Crippen LogP contribution in [0.5, 0.6) is 0 Å². The molecule has 0 N–H and O–H groups in total. The molecule has 0 aliphatic carbocycles. The second-order valence-corrected chi connectivity index (χ2v) is 6.49. The van der Waals surface area contributed by atoms with Gasteiger partial charge in [-0.1, -0.05) is 48.5 Å². The molecule has 0 saturated heterocycles. The molecular weight excluding hydrogens is 334 g/mol. The molecule has 1 heterocycles. The fraction of sp³-hybridized carbons (Fsp3) is 0.304. The van der Waals surface area contributed by atoms with Crippen LogP contribution in [0.2, 0.25) is 0 Å². The maximum absolute atomic E-state index is 12.7. The van der Waals surface area contributed by atoms with Crippen LogP contribution >= 0.6 is 0 Å². The summed E-state index contributed by atoms with van der Waals surface area (Å²) in [4.78, 5) is 21.6. The van der Waals surface area contributed by atoms with Crippen LogP contribution in [0.25, 0.3) is 22.2 Å². The van der Waals surface area contributed by atoms with Crippen molar-refractivity contribution in [2.24, 2.45) is 0 Å². The van der Waals surface area contributed by atoms with Gasteiger partial charge in [-0.05, 0) is 32.9 Å². The number of fused-ring (bicyclic) bond motifs is 1. The molecule has 1 aromatic heterocycles. The van der Waals surface area contributed by atoms with Gasteiger partial charge >= 0.3 is 0 Å². The highest BCUT2D eigenvalue weighted by Gasteiger charge is 2.18. The lowest BCUT2D eigenvalue weighted by Gasteiger charge is -2.28. The van der Waals surface area contributed by atoms with Gasteiger partial charge in [0.2, 0.25) is 5.91 Å². The van der Waals surface area contributed by atoms with E-state index in [0.29, 0.717) is 6.54 Å². The van der Waals surface area contributed by atoms with Crippen molar-refractivity contribution in [2.45, 2.75) is 20.8 Å². The van der Waals surface area contributed by atoms with Crippen LogP contribution in [0, 0.1) is 0 Å². The SMILES string of the molecule is CCN(CC)C(=O)CN(CC)c1cc(-c2ccccc2)nc2ccccc12. The minimum Gasteiger partial charge on any atom is -0.362 e. The Labute approximate surface area is 161 Å². The molecule has 2 aromatic carbocycles. The molecule has 0 aliphatic heterocycles. The predicted octanol–water partition coefficient (Wildman–Crippen LogP) is 4.60. The van der Waals surface area contributed by atoms with E-state index < -0.39 is 0 Å². The maximum Gasteiger partial charge on any atom is 0.242 e. The van der Waals surface area contributed by atoms with Crippen LogP contribution in [0.3, 0.4) is 0 Å². The summed E-state index contributed by atoms with van der Waals surface area (Å²) in [5.74, 6) is 0.156. The Morgan fingerprint density at radius 3 is 2.22 bits per heavy atom. The summed E-state index contributed by atoms with van der Waals surface area (Å²) in [7, 11) is 0. The number of pyridine rings is 1. The van der Waals surface area contributed by atoms with Gasteiger partial charge in [0, 0.05) is 36.3 Å². The average molecular weight is 361 g/mol. The standard InChI is InChI=1S/C23H27N3O/c1-4-25(5-2)23(27)17-26(6-3)22-16-21(18-12-8-7-9-13-18)24-20-15-11-10-14-19(20)22/h7-16H,4-6,17H2,1-3H3. The number of para-hydroxylation sites is 1. The number of likely N-dealkylation sites (N-methyl/N-ethyl adjacent to an activating group) is 2. The Kier molecular flexibility index (Phi) is 6.07. The molecule has 4 heteroatoms. The fourth-order valence-corrected chi connectivity index (χ4v) is 3.38. The zero-order valence-electron chi connectivity index (χ0n) is 16.4. The quantitative estimate of drug-likeness (QED) is 0.617. The van der Waals surface area contributed by atoms with E-state index in [4.69, 9.17) is 4.98 Å². The number of carbonyl (C=O) groups is 1. The van der Waals surface area contributed by atoms with Crippen molar-refractivity contribution in [3.05, 3.63) is 60.7 Å². The number of hydrogen-bond donors (Lipinski definition) is 0. The van der Waals surface area contributed by atoms with E-state index in [1.807, 2.05) is 55.1 Å². The van der Waals surface area contributed by atoms with Crippen molar-refractivity contribution in [1.82, 2.24) is 9.88 Å². The first-order chi connectivity index (χ1) is 13.2. The lowest BCUT2D eigenvalue weighted by atomic mass is 10.1. The Morgan fingerprint density at radius 2 is 1.56 bits per heavy atom. The van der Waals surface area contributed by atoms with E-state index in [1.54, 1.807) is 0 Å². The Balaban J connectivity index is 2.06. The third-order valence-electron chi connectivity index (χ3n) is 4.93. The van der Waals surface area contributed by atoms with Crippen molar-refractivity contribution >= 4 is 22.5 Å². The topological polar surface area (TPSA) is 36.4 Å². The minimum absolute atomic E-state index is 0.156. The summed E-state index contributed by atoms with van der Waals surface area (Å²) in [5, 5.41) is 1.08. The van der Waals surface area contributed by atoms with Gasteiger partial charge in [-0.3, -0.25) is 4.79 Å². The Hall–Kier alpha value is -2.88. The zero-order chi connectivity index (χ0) is 19.2. The van der Waals surface area contributed by atoms with Crippen LogP contribution in [-0.2, 0) is 4.79 Å². The lowest BCUT2D eigenvalue weighted by Crippen LogP contribution is -2.40. The molecule has 0 saturated carbocycles.